The van der Waals surface area contributed by atoms with Gasteiger partial charge in [0.15, 0.2) is 0 Å². The minimum absolute atomic E-state index is 0.381. The third kappa shape index (κ3) is 5.05. The zero-order valence-corrected chi connectivity index (χ0v) is 15.0. The van der Waals surface area contributed by atoms with Crippen molar-refractivity contribution in [2.45, 2.75) is 20.3 Å². The first-order chi connectivity index (χ1) is 12.0. The van der Waals surface area contributed by atoms with Crippen LogP contribution in [-0.2, 0) is 11.2 Å². The number of aryl methyl sites for hydroxylation is 1. The smallest absolute Gasteiger partial charge is 0.337 e. The normalized spacial score (nSPS) is 10.7. The lowest BCUT2D eigenvalue weighted by Gasteiger charge is -2.22. The molecule has 0 saturated heterocycles. The molecule has 0 radical (unpaired) electrons. The maximum atomic E-state index is 11.7. The molecule has 2 rings (SSSR count). The Balaban J connectivity index is 2.14. The highest BCUT2D eigenvalue weighted by molar-refractivity contribution is 5.90. The number of esters is 1. The number of hydrogen-bond donors (Lipinski definition) is 0. The monoisotopic (exact) mass is 336 g/mol. The molecule has 4 nitrogen and oxygen atoms in total. The van der Waals surface area contributed by atoms with Crippen molar-refractivity contribution in [3.05, 3.63) is 83.8 Å². The van der Waals surface area contributed by atoms with Gasteiger partial charge >= 0.3 is 5.97 Å². The van der Waals surface area contributed by atoms with E-state index in [4.69, 9.17) is 4.74 Å². The molecule has 0 fully saturated rings. The fourth-order valence-electron chi connectivity index (χ4n) is 2.46. The van der Waals surface area contributed by atoms with Crippen molar-refractivity contribution in [2.24, 2.45) is 0 Å². The molecule has 0 saturated carbocycles. The second-order valence-electron chi connectivity index (χ2n) is 5.78. The van der Waals surface area contributed by atoms with Gasteiger partial charge in [-0.2, -0.15) is 0 Å². The molecule has 1 heterocycles. The molecule has 0 aliphatic heterocycles. The Labute approximate surface area is 149 Å². The van der Waals surface area contributed by atoms with Crippen LogP contribution in [0.15, 0.2) is 61.4 Å². The number of carbonyl (C=O) groups is 1. The summed E-state index contributed by atoms with van der Waals surface area (Å²) >= 11 is 0. The first-order valence-electron chi connectivity index (χ1n) is 8.23. The van der Waals surface area contributed by atoms with E-state index in [2.05, 4.69) is 42.8 Å². The van der Waals surface area contributed by atoms with Crippen LogP contribution in [0.4, 0.5) is 0 Å². The van der Waals surface area contributed by atoms with E-state index in [1.807, 2.05) is 24.1 Å². The molecule has 25 heavy (non-hydrogen) atoms. The van der Waals surface area contributed by atoms with E-state index in [1.165, 1.54) is 18.2 Å². The van der Waals surface area contributed by atoms with E-state index in [9.17, 15) is 4.79 Å². The van der Waals surface area contributed by atoms with E-state index >= 15 is 0 Å². The van der Waals surface area contributed by atoms with Gasteiger partial charge in [0.25, 0.3) is 0 Å². The number of pyridine rings is 1. The molecule has 0 aliphatic rings. The SMILES string of the molecule is C=C(c1cc(C(=O)OC)ccn1)N(/C=C\C)CCc1ccc(C)cc1. The molecule has 0 unspecified atom stereocenters. The van der Waals surface area contributed by atoms with E-state index < -0.39 is 0 Å². The third-order valence-corrected chi connectivity index (χ3v) is 3.91. The molecule has 0 atom stereocenters. The Kier molecular flexibility index (Phi) is 6.52. The lowest BCUT2D eigenvalue weighted by Crippen LogP contribution is -2.19. The summed E-state index contributed by atoms with van der Waals surface area (Å²) in [5, 5.41) is 0. The van der Waals surface area contributed by atoms with Gasteiger partial charge in [0.2, 0.25) is 0 Å². The van der Waals surface area contributed by atoms with Crippen LogP contribution in [0.3, 0.4) is 0 Å². The fraction of sp³-hybridized carbons (Fsp3) is 0.238. The Bertz CT molecular complexity index is 764. The Morgan fingerprint density at radius 2 is 2.00 bits per heavy atom. The first-order valence-corrected chi connectivity index (χ1v) is 8.23. The second-order valence-corrected chi connectivity index (χ2v) is 5.78. The number of ether oxygens (including phenoxy) is 1. The first kappa shape index (κ1) is 18.5. The summed E-state index contributed by atoms with van der Waals surface area (Å²) in [5.41, 5.74) is 4.39. The number of hydrogen-bond acceptors (Lipinski definition) is 4. The van der Waals surface area contributed by atoms with E-state index in [1.54, 1.807) is 18.3 Å². The van der Waals surface area contributed by atoms with Crippen molar-refractivity contribution >= 4 is 11.7 Å². The summed E-state index contributed by atoms with van der Waals surface area (Å²) in [7, 11) is 1.37. The van der Waals surface area contributed by atoms with Crippen LogP contribution in [0.1, 0.15) is 34.1 Å². The largest absolute Gasteiger partial charge is 0.465 e. The summed E-state index contributed by atoms with van der Waals surface area (Å²) in [6.45, 7) is 8.97. The molecular weight excluding hydrogens is 312 g/mol. The Morgan fingerprint density at radius 1 is 1.28 bits per heavy atom. The number of carbonyl (C=O) groups excluding carboxylic acids is 1. The molecule has 2 aromatic rings. The van der Waals surface area contributed by atoms with E-state index in [-0.39, 0.29) is 5.97 Å². The number of benzene rings is 1. The number of allylic oxidation sites excluding steroid dienone is 1. The minimum Gasteiger partial charge on any atom is -0.465 e. The van der Waals surface area contributed by atoms with Gasteiger partial charge in [-0.25, -0.2) is 4.79 Å². The number of aromatic nitrogens is 1. The molecule has 1 aromatic heterocycles. The van der Waals surface area contributed by atoms with Crippen LogP contribution in [-0.4, -0.2) is 29.5 Å². The summed E-state index contributed by atoms with van der Waals surface area (Å²) in [4.78, 5) is 18.1. The molecule has 0 bridgehead atoms. The Hall–Kier alpha value is -2.88. The minimum atomic E-state index is -0.381. The highest BCUT2D eigenvalue weighted by atomic mass is 16.5. The van der Waals surface area contributed by atoms with Gasteiger partial charge in [0.05, 0.1) is 24.1 Å². The molecule has 0 N–H and O–H groups in total. The third-order valence-electron chi connectivity index (χ3n) is 3.91. The maximum absolute atomic E-state index is 11.7. The molecule has 0 spiro atoms. The quantitative estimate of drug-likeness (QED) is 0.710. The molecule has 0 aliphatic carbocycles. The standard InChI is InChI=1S/C21H24N2O2/c1-5-13-23(14-11-18-8-6-16(2)7-9-18)17(3)20-15-19(10-12-22-20)21(24)25-4/h5-10,12-13,15H,3,11,14H2,1-2,4H3/b13-5-. The summed E-state index contributed by atoms with van der Waals surface area (Å²) < 4.78 is 4.77. The lowest BCUT2D eigenvalue weighted by atomic mass is 10.1. The van der Waals surface area contributed by atoms with Crippen LogP contribution < -0.4 is 0 Å². The van der Waals surface area contributed by atoms with Crippen LogP contribution in [0.25, 0.3) is 5.70 Å². The van der Waals surface area contributed by atoms with E-state index in [0.29, 0.717) is 11.3 Å². The summed E-state index contributed by atoms with van der Waals surface area (Å²) in [6, 6.07) is 11.9. The Morgan fingerprint density at radius 3 is 2.64 bits per heavy atom. The average molecular weight is 336 g/mol. The van der Waals surface area contributed by atoms with Gasteiger partial charge in [-0.3, -0.25) is 4.98 Å². The summed E-state index contributed by atoms with van der Waals surface area (Å²) in [6.07, 6.45) is 6.43. The molecule has 4 heteroatoms. The van der Waals surface area contributed by atoms with Crippen molar-refractivity contribution in [2.75, 3.05) is 13.7 Å². The number of nitrogens with zero attached hydrogens (tertiary/aromatic N) is 2. The molecular formula is C21H24N2O2. The lowest BCUT2D eigenvalue weighted by molar-refractivity contribution is 0.0600. The second kappa shape index (κ2) is 8.83. The highest BCUT2D eigenvalue weighted by Gasteiger charge is 2.12. The predicted octanol–water partition coefficient (Wildman–Crippen LogP) is 4.23. The summed E-state index contributed by atoms with van der Waals surface area (Å²) in [5.74, 6) is -0.381. The van der Waals surface area contributed by atoms with Crippen LogP contribution in [0.2, 0.25) is 0 Å². The van der Waals surface area contributed by atoms with Crippen molar-refractivity contribution in [1.29, 1.82) is 0 Å². The van der Waals surface area contributed by atoms with Crippen molar-refractivity contribution < 1.29 is 9.53 Å². The van der Waals surface area contributed by atoms with Crippen LogP contribution in [0, 0.1) is 6.92 Å². The van der Waals surface area contributed by atoms with Crippen LogP contribution >= 0.6 is 0 Å². The zero-order chi connectivity index (χ0) is 18.2. The van der Waals surface area contributed by atoms with Crippen molar-refractivity contribution in [3.8, 4) is 0 Å². The van der Waals surface area contributed by atoms with Crippen LogP contribution in [0.5, 0.6) is 0 Å². The zero-order valence-electron chi connectivity index (χ0n) is 15.0. The van der Waals surface area contributed by atoms with Crippen molar-refractivity contribution in [3.63, 3.8) is 0 Å². The maximum Gasteiger partial charge on any atom is 0.337 e. The molecule has 1 aromatic carbocycles. The van der Waals surface area contributed by atoms with Gasteiger partial charge in [-0.05, 0) is 44.2 Å². The van der Waals surface area contributed by atoms with Gasteiger partial charge in [0, 0.05) is 12.7 Å². The van der Waals surface area contributed by atoms with E-state index in [0.717, 1.165) is 18.7 Å². The fourth-order valence-corrected chi connectivity index (χ4v) is 2.46. The highest BCUT2D eigenvalue weighted by Crippen LogP contribution is 2.18. The van der Waals surface area contributed by atoms with Gasteiger partial charge in [-0.1, -0.05) is 42.5 Å². The van der Waals surface area contributed by atoms with Crippen molar-refractivity contribution in [1.82, 2.24) is 9.88 Å². The number of methoxy groups -OCH3 is 1. The topological polar surface area (TPSA) is 42.4 Å². The van der Waals surface area contributed by atoms with Gasteiger partial charge in [0.1, 0.15) is 0 Å². The molecule has 0 amide bonds. The number of rotatable bonds is 7. The predicted molar refractivity (Wildman–Crippen MR) is 101 cm³/mol. The average Bonchev–Trinajstić information content (AvgIpc) is 2.65. The van der Waals surface area contributed by atoms with Gasteiger partial charge in [-0.15, -0.1) is 0 Å². The molecule has 130 valence electrons. The van der Waals surface area contributed by atoms with Gasteiger partial charge < -0.3 is 9.64 Å².